The first-order valence-corrected chi connectivity index (χ1v) is 13.2. The third-order valence-electron chi connectivity index (χ3n) is 5.66. The molecule has 0 fully saturated rings. The van der Waals surface area contributed by atoms with Gasteiger partial charge in [0.1, 0.15) is 11.4 Å². The van der Waals surface area contributed by atoms with Crippen LogP contribution in [0.1, 0.15) is 50.4 Å². The molecule has 0 saturated carbocycles. The van der Waals surface area contributed by atoms with Gasteiger partial charge >= 0.3 is 0 Å². The SMILES string of the molecule is CCCOc1ccc(Cc2nn3c(=O)/c(=C\c4ccc(OCCC(C)C)c(OC)c4)sc3nc2=O)cc1. The minimum atomic E-state index is -0.441. The first kappa shape index (κ1) is 26.3. The van der Waals surface area contributed by atoms with E-state index in [9.17, 15) is 9.59 Å². The van der Waals surface area contributed by atoms with Crippen molar-refractivity contribution >= 4 is 22.4 Å². The molecule has 0 spiro atoms. The van der Waals surface area contributed by atoms with Gasteiger partial charge in [0.05, 0.1) is 24.9 Å². The molecule has 2 aromatic carbocycles. The summed E-state index contributed by atoms with van der Waals surface area (Å²) < 4.78 is 18.6. The highest BCUT2D eigenvalue weighted by molar-refractivity contribution is 7.15. The third kappa shape index (κ3) is 6.54. The summed E-state index contributed by atoms with van der Waals surface area (Å²) in [6, 6.07) is 13.0. The number of rotatable bonds is 11. The lowest BCUT2D eigenvalue weighted by Gasteiger charge is -2.12. The molecule has 194 valence electrons. The van der Waals surface area contributed by atoms with Gasteiger partial charge in [-0.1, -0.05) is 50.3 Å². The summed E-state index contributed by atoms with van der Waals surface area (Å²) >= 11 is 1.12. The lowest BCUT2D eigenvalue weighted by Crippen LogP contribution is -2.28. The van der Waals surface area contributed by atoms with E-state index in [1.165, 1.54) is 4.52 Å². The number of methoxy groups -OCH3 is 1. The van der Waals surface area contributed by atoms with Gasteiger partial charge in [0.2, 0.25) is 4.96 Å². The molecule has 0 aliphatic rings. The second-order valence-corrected chi connectivity index (χ2v) is 10.1. The van der Waals surface area contributed by atoms with E-state index >= 15 is 0 Å². The molecule has 0 aliphatic carbocycles. The Kier molecular flexibility index (Phi) is 8.55. The van der Waals surface area contributed by atoms with Gasteiger partial charge in [0.25, 0.3) is 11.1 Å². The predicted octanol–water partition coefficient (Wildman–Crippen LogP) is 3.87. The van der Waals surface area contributed by atoms with Gasteiger partial charge in [-0.15, -0.1) is 0 Å². The summed E-state index contributed by atoms with van der Waals surface area (Å²) in [6.45, 7) is 7.58. The van der Waals surface area contributed by atoms with Crippen LogP contribution < -0.4 is 29.9 Å². The molecule has 2 heterocycles. The number of ether oxygens (including phenoxy) is 3. The van der Waals surface area contributed by atoms with Crippen molar-refractivity contribution in [3.05, 3.63) is 84.5 Å². The van der Waals surface area contributed by atoms with Gasteiger partial charge in [-0.05, 0) is 60.2 Å². The van der Waals surface area contributed by atoms with E-state index in [4.69, 9.17) is 14.2 Å². The topological polar surface area (TPSA) is 92.0 Å². The Balaban J connectivity index is 1.60. The zero-order chi connectivity index (χ0) is 26.4. The van der Waals surface area contributed by atoms with Gasteiger partial charge < -0.3 is 14.2 Å². The maximum atomic E-state index is 13.1. The van der Waals surface area contributed by atoms with Crippen molar-refractivity contribution in [3.8, 4) is 17.2 Å². The fourth-order valence-corrected chi connectivity index (χ4v) is 4.52. The molecule has 4 rings (SSSR count). The highest BCUT2D eigenvalue weighted by Gasteiger charge is 2.13. The molecule has 0 bridgehead atoms. The minimum Gasteiger partial charge on any atom is -0.494 e. The van der Waals surface area contributed by atoms with Crippen LogP contribution >= 0.6 is 11.3 Å². The Morgan fingerprint density at radius 3 is 2.51 bits per heavy atom. The van der Waals surface area contributed by atoms with Gasteiger partial charge in [-0.25, -0.2) is 0 Å². The smallest absolute Gasteiger partial charge is 0.296 e. The van der Waals surface area contributed by atoms with E-state index in [0.717, 1.165) is 41.1 Å². The van der Waals surface area contributed by atoms with Crippen molar-refractivity contribution in [3.63, 3.8) is 0 Å². The van der Waals surface area contributed by atoms with Crippen LogP contribution in [0.3, 0.4) is 0 Å². The van der Waals surface area contributed by atoms with Crippen LogP contribution in [0.4, 0.5) is 0 Å². The van der Waals surface area contributed by atoms with E-state index in [2.05, 4.69) is 23.9 Å². The molecule has 0 aliphatic heterocycles. The average Bonchev–Trinajstić information content (AvgIpc) is 3.18. The second-order valence-electron chi connectivity index (χ2n) is 9.08. The van der Waals surface area contributed by atoms with E-state index in [-0.39, 0.29) is 22.6 Å². The fourth-order valence-electron chi connectivity index (χ4n) is 3.62. The van der Waals surface area contributed by atoms with Gasteiger partial charge in [0, 0.05) is 6.42 Å². The molecule has 0 radical (unpaired) electrons. The Morgan fingerprint density at radius 2 is 1.81 bits per heavy atom. The Morgan fingerprint density at radius 1 is 1.03 bits per heavy atom. The quantitative estimate of drug-likeness (QED) is 0.296. The van der Waals surface area contributed by atoms with Gasteiger partial charge in [-0.3, -0.25) is 9.59 Å². The number of hydrogen-bond donors (Lipinski definition) is 0. The van der Waals surface area contributed by atoms with E-state index in [1.807, 2.05) is 49.4 Å². The first-order chi connectivity index (χ1) is 17.9. The molecule has 37 heavy (non-hydrogen) atoms. The summed E-state index contributed by atoms with van der Waals surface area (Å²) in [5.74, 6) is 2.56. The molecule has 8 nitrogen and oxygen atoms in total. The van der Waals surface area contributed by atoms with Crippen molar-refractivity contribution in [1.82, 2.24) is 14.6 Å². The number of nitrogens with zero attached hydrogens (tertiary/aromatic N) is 3. The molecule has 0 unspecified atom stereocenters. The molecule has 0 N–H and O–H groups in total. The molecular formula is C28H31N3O5S. The van der Waals surface area contributed by atoms with Crippen LogP contribution in [0, 0.1) is 5.92 Å². The molecular weight excluding hydrogens is 490 g/mol. The monoisotopic (exact) mass is 521 g/mol. The summed E-state index contributed by atoms with van der Waals surface area (Å²) in [5.41, 5.74) is 1.10. The van der Waals surface area contributed by atoms with Crippen molar-refractivity contribution in [2.45, 2.75) is 40.0 Å². The molecule has 0 atom stereocenters. The zero-order valence-electron chi connectivity index (χ0n) is 21.5. The number of aromatic nitrogens is 3. The summed E-state index contributed by atoms with van der Waals surface area (Å²) in [4.78, 5) is 30.1. The van der Waals surface area contributed by atoms with Crippen LogP contribution in [0.5, 0.6) is 17.2 Å². The molecule has 4 aromatic rings. The van der Waals surface area contributed by atoms with Crippen LogP contribution in [-0.4, -0.2) is 34.9 Å². The Bertz CT molecular complexity index is 1530. The van der Waals surface area contributed by atoms with Crippen LogP contribution in [0.15, 0.2) is 52.1 Å². The standard InChI is InChI=1S/C28H31N3O5S/c1-5-13-35-21-9-6-19(7-10-21)15-22-26(32)29-28-31(30-22)27(33)25(37-28)17-20-8-11-23(24(16-20)34-4)36-14-12-18(2)3/h6-11,16-18H,5,12-15H2,1-4H3/b25-17+. The average molecular weight is 522 g/mol. The maximum Gasteiger partial charge on any atom is 0.296 e. The minimum absolute atomic E-state index is 0.214. The molecule has 0 amide bonds. The van der Waals surface area contributed by atoms with Gasteiger partial charge in [0.15, 0.2) is 11.5 Å². The van der Waals surface area contributed by atoms with E-state index < -0.39 is 5.56 Å². The highest BCUT2D eigenvalue weighted by atomic mass is 32.1. The summed E-state index contributed by atoms with van der Waals surface area (Å²) in [7, 11) is 1.58. The van der Waals surface area contributed by atoms with Crippen molar-refractivity contribution in [2.75, 3.05) is 20.3 Å². The summed E-state index contributed by atoms with van der Waals surface area (Å²) in [5, 5.41) is 4.34. The van der Waals surface area contributed by atoms with Crippen LogP contribution in [0.2, 0.25) is 0 Å². The van der Waals surface area contributed by atoms with Crippen LogP contribution in [-0.2, 0) is 6.42 Å². The van der Waals surface area contributed by atoms with Gasteiger partial charge in [-0.2, -0.15) is 14.6 Å². The van der Waals surface area contributed by atoms with E-state index in [0.29, 0.717) is 35.2 Å². The summed E-state index contributed by atoms with van der Waals surface area (Å²) in [6.07, 6.45) is 3.88. The number of fused-ring (bicyclic) bond motifs is 1. The third-order valence-corrected chi connectivity index (χ3v) is 6.62. The Hall–Kier alpha value is -3.72. The fraction of sp³-hybridized carbons (Fsp3) is 0.357. The number of hydrogen-bond acceptors (Lipinski definition) is 8. The molecule has 0 saturated heterocycles. The zero-order valence-corrected chi connectivity index (χ0v) is 22.3. The maximum absolute atomic E-state index is 13.1. The van der Waals surface area contributed by atoms with Crippen LogP contribution in [0.25, 0.3) is 11.0 Å². The van der Waals surface area contributed by atoms with Crippen molar-refractivity contribution in [2.24, 2.45) is 5.92 Å². The largest absolute Gasteiger partial charge is 0.494 e. The van der Waals surface area contributed by atoms with Crippen molar-refractivity contribution < 1.29 is 14.2 Å². The first-order valence-electron chi connectivity index (χ1n) is 12.3. The number of thiazole rings is 1. The highest BCUT2D eigenvalue weighted by Crippen LogP contribution is 2.28. The Labute approximate surface area is 219 Å². The molecule has 9 heteroatoms. The van der Waals surface area contributed by atoms with Crippen molar-refractivity contribution in [1.29, 1.82) is 0 Å². The predicted molar refractivity (Wildman–Crippen MR) is 145 cm³/mol. The number of benzene rings is 2. The van der Waals surface area contributed by atoms with E-state index in [1.54, 1.807) is 13.2 Å². The lowest BCUT2D eigenvalue weighted by atomic mass is 10.1. The normalized spacial score (nSPS) is 11.9. The molecule has 2 aromatic heterocycles. The lowest BCUT2D eigenvalue weighted by molar-refractivity contribution is 0.273. The second kappa shape index (κ2) is 12.0.